The van der Waals surface area contributed by atoms with E-state index in [-0.39, 0.29) is 5.25 Å². The lowest BCUT2D eigenvalue weighted by Gasteiger charge is -2.01. The fourth-order valence-electron chi connectivity index (χ4n) is 1.87. The number of fused-ring (bicyclic) bond motifs is 1. The van der Waals surface area contributed by atoms with Crippen molar-refractivity contribution in [2.45, 2.75) is 17.3 Å². The first-order chi connectivity index (χ1) is 10.8. The molecule has 1 atom stereocenters. The van der Waals surface area contributed by atoms with Gasteiger partial charge in [0.1, 0.15) is 0 Å². The van der Waals surface area contributed by atoms with E-state index in [9.17, 15) is 0 Å². The smallest absolute Gasteiger partial charge is 0.257 e. The lowest BCUT2D eigenvalue weighted by atomic mass is 10.5. The van der Waals surface area contributed by atoms with Gasteiger partial charge in [-0.05, 0) is 24.4 Å². The number of hydrogen-bond acceptors (Lipinski definition) is 8. The topological polar surface area (TPSA) is 82.0 Å². The van der Waals surface area contributed by atoms with Gasteiger partial charge in [0.2, 0.25) is 11.0 Å². The monoisotopic (exact) mass is 330 g/mol. The summed E-state index contributed by atoms with van der Waals surface area (Å²) in [6.45, 7) is 1.98. The number of aromatic nitrogens is 6. The molecule has 9 heteroatoms. The Kier molecular flexibility index (Phi) is 3.35. The summed E-state index contributed by atoms with van der Waals surface area (Å²) in [6, 6.07) is 5.72. The summed E-state index contributed by atoms with van der Waals surface area (Å²) in [5, 5.41) is 15.1. The zero-order valence-electron chi connectivity index (χ0n) is 11.4. The molecule has 0 spiro atoms. The van der Waals surface area contributed by atoms with E-state index in [4.69, 9.17) is 4.42 Å². The van der Waals surface area contributed by atoms with Crippen LogP contribution in [0.2, 0.25) is 0 Å². The maximum absolute atomic E-state index is 5.73. The molecule has 22 heavy (non-hydrogen) atoms. The Morgan fingerprint density at radius 2 is 2.27 bits per heavy atom. The molecule has 7 nitrogen and oxygen atoms in total. The Morgan fingerprint density at radius 3 is 3.09 bits per heavy atom. The summed E-state index contributed by atoms with van der Waals surface area (Å²) < 4.78 is 7.36. The highest BCUT2D eigenvalue weighted by molar-refractivity contribution is 7.99. The Bertz CT molecular complexity index is 867. The van der Waals surface area contributed by atoms with Gasteiger partial charge in [-0.1, -0.05) is 17.8 Å². The number of rotatable bonds is 4. The van der Waals surface area contributed by atoms with E-state index in [2.05, 4.69) is 25.3 Å². The Labute approximate surface area is 133 Å². The molecule has 0 N–H and O–H groups in total. The van der Waals surface area contributed by atoms with E-state index >= 15 is 0 Å². The molecule has 0 amide bonds. The van der Waals surface area contributed by atoms with Crippen LogP contribution in [0, 0.1) is 0 Å². The van der Waals surface area contributed by atoms with Gasteiger partial charge >= 0.3 is 0 Å². The highest BCUT2D eigenvalue weighted by Crippen LogP contribution is 2.34. The van der Waals surface area contributed by atoms with Crippen LogP contribution in [0.3, 0.4) is 0 Å². The molecule has 0 aliphatic rings. The predicted molar refractivity (Wildman–Crippen MR) is 82.7 cm³/mol. The van der Waals surface area contributed by atoms with E-state index in [0.29, 0.717) is 22.7 Å². The minimum absolute atomic E-state index is 0.0429. The van der Waals surface area contributed by atoms with Crippen molar-refractivity contribution in [2.75, 3.05) is 0 Å². The second-order valence-corrected chi connectivity index (χ2v) is 6.70. The van der Waals surface area contributed by atoms with Crippen molar-refractivity contribution in [3.05, 3.63) is 41.9 Å². The van der Waals surface area contributed by atoms with E-state index in [1.54, 1.807) is 22.0 Å². The summed E-state index contributed by atoms with van der Waals surface area (Å²) in [5.41, 5.74) is 0. The molecule has 0 aliphatic heterocycles. The van der Waals surface area contributed by atoms with Crippen LogP contribution < -0.4 is 0 Å². The van der Waals surface area contributed by atoms with Crippen molar-refractivity contribution in [2.24, 2.45) is 0 Å². The largest absolute Gasteiger partial charge is 0.419 e. The maximum Gasteiger partial charge on any atom is 0.257 e. The van der Waals surface area contributed by atoms with Crippen LogP contribution in [0.25, 0.3) is 16.5 Å². The molecule has 4 heterocycles. The molecular formula is C13H10N6OS2. The van der Waals surface area contributed by atoms with Crippen molar-refractivity contribution >= 4 is 28.9 Å². The molecule has 0 fully saturated rings. The van der Waals surface area contributed by atoms with Gasteiger partial charge in [-0.3, -0.25) is 0 Å². The average molecular weight is 330 g/mol. The molecule has 0 aliphatic carbocycles. The van der Waals surface area contributed by atoms with E-state index in [0.717, 1.165) is 4.88 Å². The van der Waals surface area contributed by atoms with Crippen LogP contribution >= 0.6 is 23.1 Å². The van der Waals surface area contributed by atoms with E-state index in [1.165, 1.54) is 11.8 Å². The molecular weight excluding hydrogens is 320 g/mol. The molecule has 4 aromatic heterocycles. The summed E-state index contributed by atoms with van der Waals surface area (Å²) in [5.74, 6) is 1.67. The third-order valence-electron chi connectivity index (χ3n) is 2.90. The van der Waals surface area contributed by atoms with Gasteiger partial charge in [-0.15, -0.1) is 26.6 Å². The summed E-state index contributed by atoms with van der Waals surface area (Å²) in [4.78, 5) is 9.46. The summed E-state index contributed by atoms with van der Waals surface area (Å²) in [7, 11) is 0. The van der Waals surface area contributed by atoms with Crippen LogP contribution in [0.1, 0.15) is 18.1 Å². The number of thiophene rings is 1. The van der Waals surface area contributed by atoms with Crippen LogP contribution in [-0.4, -0.2) is 29.8 Å². The highest BCUT2D eigenvalue weighted by Gasteiger charge is 2.19. The van der Waals surface area contributed by atoms with Gasteiger partial charge in [-0.25, -0.2) is 9.50 Å². The second kappa shape index (κ2) is 5.50. The molecule has 0 saturated heterocycles. The standard InChI is InChI=1S/C13H10N6OS2/c1-8(10-16-17-11(20-10)9-4-2-7-21-9)22-13-15-12-14-5-3-6-19(12)18-13/h2-8H,1H3/t8-/m1/s1. The normalized spacial score (nSPS) is 12.8. The second-order valence-electron chi connectivity index (χ2n) is 4.44. The van der Waals surface area contributed by atoms with Gasteiger partial charge in [0.25, 0.3) is 11.7 Å². The zero-order chi connectivity index (χ0) is 14.9. The van der Waals surface area contributed by atoms with Crippen LogP contribution in [0.4, 0.5) is 0 Å². The van der Waals surface area contributed by atoms with Crippen LogP contribution in [0.15, 0.2) is 45.5 Å². The lowest BCUT2D eigenvalue weighted by Crippen LogP contribution is -1.90. The Balaban J connectivity index is 1.55. The fraction of sp³-hybridized carbons (Fsp3) is 0.154. The minimum atomic E-state index is -0.0429. The van der Waals surface area contributed by atoms with Crippen molar-refractivity contribution in [1.82, 2.24) is 29.8 Å². The summed E-state index contributed by atoms with van der Waals surface area (Å²) in [6.07, 6.45) is 3.50. The summed E-state index contributed by atoms with van der Waals surface area (Å²) >= 11 is 3.03. The minimum Gasteiger partial charge on any atom is -0.419 e. The molecule has 0 radical (unpaired) electrons. The Hall–Kier alpha value is -2.26. The van der Waals surface area contributed by atoms with Gasteiger partial charge in [0, 0.05) is 12.4 Å². The SMILES string of the molecule is C[C@@H](Sc1nc2ncccn2n1)c1nnc(-c2cccs2)o1. The molecule has 4 rings (SSSR count). The number of nitrogens with zero attached hydrogens (tertiary/aromatic N) is 6. The molecule has 0 aromatic carbocycles. The van der Waals surface area contributed by atoms with Gasteiger partial charge < -0.3 is 4.42 Å². The predicted octanol–water partition coefficient (Wildman–Crippen LogP) is 3.09. The maximum atomic E-state index is 5.73. The van der Waals surface area contributed by atoms with Crippen molar-refractivity contribution in [1.29, 1.82) is 0 Å². The first-order valence-corrected chi connectivity index (χ1v) is 8.27. The molecule has 4 aromatic rings. The van der Waals surface area contributed by atoms with Crippen LogP contribution in [-0.2, 0) is 0 Å². The first kappa shape index (κ1) is 13.4. The third-order valence-corrected chi connectivity index (χ3v) is 4.70. The lowest BCUT2D eigenvalue weighted by molar-refractivity contribution is 0.510. The zero-order valence-corrected chi connectivity index (χ0v) is 13.1. The van der Waals surface area contributed by atoms with Crippen LogP contribution in [0.5, 0.6) is 0 Å². The average Bonchev–Trinajstić information content (AvgIpc) is 3.26. The van der Waals surface area contributed by atoms with Crippen molar-refractivity contribution < 1.29 is 4.42 Å². The highest BCUT2D eigenvalue weighted by atomic mass is 32.2. The molecule has 0 saturated carbocycles. The van der Waals surface area contributed by atoms with E-state index < -0.39 is 0 Å². The first-order valence-electron chi connectivity index (χ1n) is 6.51. The number of hydrogen-bond donors (Lipinski definition) is 0. The van der Waals surface area contributed by atoms with Crippen molar-refractivity contribution in [3.8, 4) is 10.8 Å². The molecule has 0 bridgehead atoms. The number of thioether (sulfide) groups is 1. The fourth-order valence-corrected chi connectivity index (χ4v) is 3.30. The molecule has 0 unspecified atom stereocenters. The Morgan fingerprint density at radius 1 is 1.32 bits per heavy atom. The van der Waals surface area contributed by atoms with Gasteiger partial charge in [0.05, 0.1) is 10.1 Å². The van der Waals surface area contributed by atoms with Gasteiger partial charge in [0.15, 0.2) is 0 Å². The third kappa shape index (κ3) is 2.48. The van der Waals surface area contributed by atoms with Gasteiger partial charge in [-0.2, -0.15) is 4.98 Å². The van der Waals surface area contributed by atoms with Crippen molar-refractivity contribution in [3.63, 3.8) is 0 Å². The quantitative estimate of drug-likeness (QED) is 0.532. The van der Waals surface area contributed by atoms with E-state index in [1.807, 2.05) is 36.7 Å². The molecule has 110 valence electrons.